The Morgan fingerprint density at radius 2 is 2.10 bits per heavy atom. The van der Waals surface area contributed by atoms with Crippen LogP contribution >= 0.6 is 0 Å². The van der Waals surface area contributed by atoms with Gasteiger partial charge in [0.15, 0.2) is 0 Å². The molecule has 114 valence electrons. The molecule has 6 heteroatoms. The summed E-state index contributed by atoms with van der Waals surface area (Å²) in [5.74, 6) is -0.643. The summed E-state index contributed by atoms with van der Waals surface area (Å²) >= 11 is 0. The van der Waals surface area contributed by atoms with Gasteiger partial charge < -0.3 is 20.5 Å². The third-order valence-electron chi connectivity index (χ3n) is 3.32. The molecule has 0 aliphatic carbocycles. The van der Waals surface area contributed by atoms with Crippen molar-refractivity contribution in [3.63, 3.8) is 0 Å². The number of esters is 1. The van der Waals surface area contributed by atoms with Crippen molar-refractivity contribution >= 4 is 17.6 Å². The van der Waals surface area contributed by atoms with E-state index >= 15 is 0 Å². The molecule has 6 nitrogen and oxygen atoms in total. The molecule has 1 aromatic rings. The molecule has 1 heterocycles. The van der Waals surface area contributed by atoms with Gasteiger partial charge in [0.05, 0.1) is 18.8 Å². The molecule has 0 spiro atoms. The minimum absolute atomic E-state index is 0.222. The lowest BCUT2D eigenvalue weighted by molar-refractivity contribution is -0.121. The van der Waals surface area contributed by atoms with E-state index in [0.717, 1.165) is 6.42 Å². The molecule has 3 N–H and O–H groups in total. The van der Waals surface area contributed by atoms with E-state index in [2.05, 4.69) is 5.32 Å². The summed E-state index contributed by atoms with van der Waals surface area (Å²) in [6.07, 6.45) is 1.28. The molecule has 1 unspecified atom stereocenters. The molecule has 2 rings (SSSR count). The van der Waals surface area contributed by atoms with Gasteiger partial charge in [-0.25, -0.2) is 4.79 Å². The molecule has 1 aliphatic heterocycles. The summed E-state index contributed by atoms with van der Waals surface area (Å²) < 4.78 is 10.2. The fourth-order valence-corrected chi connectivity index (χ4v) is 1.98. The standard InChI is InChI=1S/C15H20N2O4/c1-2-8-21-13(18)11-3-5-12(6-4-11)17-14(19)15(16)7-9-20-10-15/h3-6H,2,7-10,16H2,1H3,(H,17,19). The molecule has 1 atom stereocenters. The van der Waals surface area contributed by atoms with Crippen molar-refractivity contribution in [1.82, 2.24) is 0 Å². The molecule has 1 aromatic carbocycles. The number of hydrogen-bond donors (Lipinski definition) is 2. The summed E-state index contributed by atoms with van der Waals surface area (Å²) in [5, 5.41) is 2.74. The SMILES string of the molecule is CCCOC(=O)c1ccc(NC(=O)C2(N)CCOC2)cc1. The lowest BCUT2D eigenvalue weighted by Crippen LogP contribution is -2.51. The number of anilines is 1. The Morgan fingerprint density at radius 1 is 1.38 bits per heavy atom. The highest BCUT2D eigenvalue weighted by atomic mass is 16.5. The summed E-state index contributed by atoms with van der Waals surface area (Å²) in [7, 11) is 0. The van der Waals surface area contributed by atoms with Gasteiger partial charge in [0, 0.05) is 12.3 Å². The van der Waals surface area contributed by atoms with Crippen molar-refractivity contribution in [2.45, 2.75) is 25.3 Å². The third-order valence-corrected chi connectivity index (χ3v) is 3.32. The maximum absolute atomic E-state index is 12.1. The van der Waals surface area contributed by atoms with E-state index in [1.807, 2.05) is 6.92 Å². The zero-order valence-corrected chi connectivity index (χ0v) is 12.1. The van der Waals surface area contributed by atoms with Crippen LogP contribution in [0.1, 0.15) is 30.1 Å². The van der Waals surface area contributed by atoms with E-state index in [1.165, 1.54) is 0 Å². The highest BCUT2D eigenvalue weighted by Crippen LogP contribution is 2.19. The van der Waals surface area contributed by atoms with Gasteiger partial charge in [-0.3, -0.25) is 4.79 Å². The Morgan fingerprint density at radius 3 is 2.67 bits per heavy atom. The van der Waals surface area contributed by atoms with Gasteiger partial charge in [-0.05, 0) is 37.1 Å². The molecule has 0 bridgehead atoms. The summed E-state index contributed by atoms with van der Waals surface area (Å²) in [5.41, 5.74) is 6.04. The van der Waals surface area contributed by atoms with Crippen LogP contribution in [-0.4, -0.2) is 37.2 Å². The number of carbonyl (C=O) groups excluding carboxylic acids is 2. The van der Waals surface area contributed by atoms with Crippen LogP contribution in [0.4, 0.5) is 5.69 Å². The predicted octanol–water partition coefficient (Wildman–Crippen LogP) is 1.31. The first-order chi connectivity index (χ1) is 10.0. The van der Waals surface area contributed by atoms with E-state index in [0.29, 0.717) is 30.9 Å². The number of amides is 1. The first-order valence-electron chi connectivity index (χ1n) is 7.00. The van der Waals surface area contributed by atoms with Crippen LogP contribution in [0.15, 0.2) is 24.3 Å². The van der Waals surface area contributed by atoms with E-state index in [4.69, 9.17) is 15.2 Å². The molecular formula is C15H20N2O4. The predicted molar refractivity (Wildman–Crippen MR) is 78.0 cm³/mol. The maximum Gasteiger partial charge on any atom is 0.338 e. The minimum atomic E-state index is -0.973. The Kier molecular flexibility index (Phi) is 4.93. The average molecular weight is 292 g/mol. The van der Waals surface area contributed by atoms with Gasteiger partial charge in [-0.1, -0.05) is 6.92 Å². The van der Waals surface area contributed by atoms with Crippen LogP contribution in [0.2, 0.25) is 0 Å². The number of hydrogen-bond acceptors (Lipinski definition) is 5. The number of nitrogens with two attached hydrogens (primary N) is 1. The van der Waals surface area contributed by atoms with Gasteiger partial charge in [-0.2, -0.15) is 0 Å². The molecule has 21 heavy (non-hydrogen) atoms. The molecule has 0 radical (unpaired) electrons. The van der Waals surface area contributed by atoms with E-state index in [9.17, 15) is 9.59 Å². The number of ether oxygens (including phenoxy) is 2. The van der Waals surface area contributed by atoms with Crippen LogP contribution in [0.25, 0.3) is 0 Å². The van der Waals surface area contributed by atoms with Crippen LogP contribution in [0, 0.1) is 0 Å². The van der Waals surface area contributed by atoms with Crippen molar-refractivity contribution in [2.24, 2.45) is 5.73 Å². The zero-order valence-electron chi connectivity index (χ0n) is 12.1. The molecule has 1 saturated heterocycles. The Bertz CT molecular complexity index is 507. The van der Waals surface area contributed by atoms with Crippen molar-refractivity contribution in [3.8, 4) is 0 Å². The Hall–Kier alpha value is -1.92. The topological polar surface area (TPSA) is 90.7 Å². The van der Waals surface area contributed by atoms with E-state index in [1.54, 1.807) is 24.3 Å². The fourth-order valence-electron chi connectivity index (χ4n) is 1.98. The first-order valence-corrected chi connectivity index (χ1v) is 7.00. The normalized spacial score (nSPS) is 21.0. The third kappa shape index (κ3) is 3.80. The highest BCUT2D eigenvalue weighted by molar-refractivity contribution is 5.98. The minimum Gasteiger partial charge on any atom is -0.462 e. The van der Waals surface area contributed by atoms with Gasteiger partial charge in [0.25, 0.3) is 0 Å². The quantitative estimate of drug-likeness (QED) is 0.798. The summed E-state index contributed by atoms with van der Waals surface area (Å²) in [6, 6.07) is 6.53. The highest BCUT2D eigenvalue weighted by Gasteiger charge is 2.38. The molecule has 1 aliphatic rings. The maximum atomic E-state index is 12.1. The second kappa shape index (κ2) is 6.69. The summed E-state index contributed by atoms with van der Waals surface area (Å²) in [6.45, 7) is 3.04. The van der Waals surface area contributed by atoms with Gasteiger partial charge in [-0.15, -0.1) is 0 Å². The average Bonchev–Trinajstić information content (AvgIpc) is 2.94. The lowest BCUT2D eigenvalue weighted by atomic mass is 9.99. The van der Waals surface area contributed by atoms with Gasteiger partial charge >= 0.3 is 5.97 Å². The second-order valence-corrected chi connectivity index (χ2v) is 5.13. The van der Waals surface area contributed by atoms with Crippen LogP contribution in [-0.2, 0) is 14.3 Å². The fraction of sp³-hybridized carbons (Fsp3) is 0.467. The zero-order chi connectivity index (χ0) is 15.3. The number of nitrogens with one attached hydrogen (secondary N) is 1. The Labute approximate surface area is 123 Å². The number of carbonyl (C=O) groups is 2. The second-order valence-electron chi connectivity index (χ2n) is 5.13. The van der Waals surface area contributed by atoms with Crippen molar-refractivity contribution in [1.29, 1.82) is 0 Å². The molecule has 1 amide bonds. The monoisotopic (exact) mass is 292 g/mol. The molecular weight excluding hydrogens is 272 g/mol. The lowest BCUT2D eigenvalue weighted by Gasteiger charge is -2.20. The van der Waals surface area contributed by atoms with Crippen molar-refractivity contribution < 1.29 is 19.1 Å². The van der Waals surface area contributed by atoms with Crippen LogP contribution in [0.5, 0.6) is 0 Å². The van der Waals surface area contributed by atoms with Gasteiger partial charge in [0.1, 0.15) is 5.54 Å². The molecule has 0 aromatic heterocycles. The van der Waals surface area contributed by atoms with Crippen LogP contribution in [0.3, 0.4) is 0 Å². The Balaban J connectivity index is 1.96. The molecule has 0 saturated carbocycles. The molecule has 1 fully saturated rings. The van der Waals surface area contributed by atoms with Crippen LogP contribution < -0.4 is 11.1 Å². The van der Waals surface area contributed by atoms with Crippen molar-refractivity contribution in [3.05, 3.63) is 29.8 Å². The number of benzene rings is 1. The van der Waals surface area contributed by atoms with Gasteiger partial charge in [0.2, 0.25) is 5.91 Å². The van der Waals surface area contributed by atoms with Crippen molar-refractivity contribution in [2.75, 3.05) is 25.1 Å². The number of rotatable bonds is 5. The van der Waals surface area contributed by atoms with E-state index in [-0.39, 0.29) is 18.5 Å². The van der Waals surface area contributed by atoms with E-state index < -0.39 is 5.54 Å². The largest absolute Gasteiger partial charge is 0.462 e. The summed E-state index contributed by atoms with van der Waals surface area (Å²) in [4.78, 5) is 23.7. The smallest absolute Gasteiger partial charge is 0.338 e. The first kappa shape index (κ1) is 15.5.